The van der Waals surface area contributed by atoms with Crippen LogP contribution in [0, 0.1) is 5.92 Å². The van der Waals surface area contributed by atoms with Crippen LogP contribution in [0.3, 0.4) is 0 Å². The zero-order valence-corrected chi connectivity index (χ0v) is 19.4. The minimum atomic E-state index is -3.73. The summed E-state index contributed by atoms with van der Waals surface area (Å²) in [6.07, 6.45) is 5.56. The lowest BCUT2D eigenvalue weighted by Gasteiger charge is -2.26. The summed E-state index contributed by atoms with van der Waals surface area (Å²) in [5.41, 5.74) is 4.12. The second-order valence-electron chi connectivity index (χ2n) is 9.16. The van der Waals surface area contributed by atoms with Crippen LogP contribution in [0.1, 0.15) is 54.8 Å². The van der Waals surface area contributed by atoms with Crippen LogP contribution < -0.4 is 14.9 Å². The molecule has 2 amide bonds. The summed E-state index contributed by atoms with van der Waals surface area (Å²) in [6, 6.07) is 13.0. The number of nitrogens with one attached hydrogen (secondary N) is 2. The first kappa shape index (κ1) is 22.1. The van der Waals surface area contributed by atoms with E-state index in [0.29, 0.717) is 13.0 Å². The summed E-state index contributed by atoms with van der Waals surface area (Å²) in [4.78, 5) is 26.9. The number of rotatable bonds is 7. The van der Waals surface area contributed by atoms with Gasteiger partial charge in [0.25, 0.3) is 0 Å². The number of hydrogen-bond donors (Lipinski definition) is 2. The molecule has 5 rings (SSSR count). The van der Waals surface area contributed by atoms with Gasteiger partial charge in [-0.3, -0.25) is 9.59 Å². The maximum absolute atomic E-state index is 12.8. The first-order valence-electron chi connectivity index (χ1n) is 11.7. The molecule has 3 aliphatic rings. The van der Waals surface area contributed by atoms with Gasteiger partial charge in [0.15, 0.2) is 0 Å². The molecule has 1 aliphatic heterocycles. The predicted molar refractivity (Wildman–Crippen MR) is 125 cm³/mol. The van der Waals surface area contributed by atoms with E-state index >= 15 is 0 Å². The Morgan fingerprint density at radius 1 is 1.00 bits per heavy atom. The van der Waals surface area contributed by atoms with Crippen molar-refractivity contribution in [1.29, 1.82) is 0 Å². The molecule has 7 nitrogen and oxygen atoms in total. The second kappa shape index (κ2) is 8.91. The van der Waals surface area contributed by atoms with Crippen molar-refractivity contribution in [2.75, 3.05) is 18.0 Å². The van der Waals surface area contributed by atoms with Crippen LogP contribution in [0.2, 0.25) is 0 Å². The zero-order valence-electron chi connectivity index (χ0n) is 18.5. The third-order valence-corrected chi connectivity index (χ3v) is 8.26. The molecule has 0 unspecified atom stereocenters. The van der Waals surface area contributed by atoms with Crippen molar-refractivity contribution in [2.24, 2.45) is 5.92 Å². The highest BCUT2D eigenvalue weighted by atomic mass is 32.2. The molecule has 1 atom stereocenters. The number of benzene rings is 2. The van der Waals surface area contributed by atoms with E-state index in [4.69, 9.17) is 0 Å². The largest absolute Gasteiger partial charge is 0.349 e. The zero-order chi connectivity index (χ0) is 23.0. The van der Waals surface area contributed by atoms with Gasteiger partial charge in [0.2, 0.25) is 21.8 Å². The maximum atomic E-state index is 12.8. The van der Waals surface area contributed by atoms with E-state index in [1.807, 2.05) is 12.1 Å². The van der Waals surface area contributed by atoms with Gasteiger partial charge in [-0.25, -0.2) is 13.1 Å². The van der Waals surface area contributed by atoms with Crippen LogP contribution in [0.4, 0.5) is 5.69 Å². The summed E-state index contributed by atoms with van der Waals surface area (Å²) >= 11 is 0. The molecule has 33 heavy (non-hydrogen) atoms. The molecule has 0 saturated heterocycles. The van der Waals surface area contributed by atoms with Crippen molar-refractivity contribution in [3.05, 3.63) is 59.2 Å². The summed E-state index contributed by atoms with van der Waals surface area (Å²) in [5.74, 6) is 0.117. The Hall–Kier alpha value is -2.71. The lowest BCUT2D eigenvalue weighted by Crippen LogP contribution is -2.34. The number of fused-ring (bicyclic) bond motifs is 2. The number of sulfonamides is 1. The second-order valence-corrected chi connectivity index (χ2v) is 10.9. The minimum absolute atomic E-state index is 0.0166. The standard InChI is InChI=1S/C25H29N3O4S/c29-24(27-22-7-3-5-17-4-1-2-6-21(17)22)12-14-26-33(31,32)20-10-11-23-19(16-20)13-15-28(23)25(30)18-8-9-18/h1-2,4,6,10-11,16,18,22,26H,3,5,7-9,12-15H2,(H,27,29)/t22-/m0/s1. The number of carbonyl (C=O) groups excluding carboxylic acids is 2. The van der Waals surface area contributed by atoms with Crippen molar-refractivity contribution in [3.8, 4) is 0 Å². The first-order valence-corrected chi connectivity index (χ1v) is 13.2. The minimum Gasteiger partial charge on any atom is -0.349 e. The van der Waals surface area contributed by atoms with Crippen LogP contribution in [0.5, 0.6) is 0 Å². The molecule has 1 heterocycles. The van der Waals surface area contributed by atoms with Crippen molar-refractivity contribution in [3.63, 3.8) is 0 Å². The fourth-order valence-corrected chi connectivity index (χ4v) is 5.96. The van der Waals surface area contributed by atoms with Gasteiger partial charge in [-0.2, -0.15) is 0 Å². The molecule has 1 fully saturated rings. The molecule has 174 valence electrons. The lowest BCUT2D eigenvalue weighted by molar-refractivity contribution is -0.122. The van der Waals surface area contributed by atoms with Crippen LogP contribution in [-0.4, -0.2) is 33.3 Å². The fourth-order valence-electron chi connectivity index (χ4n) is 4.88. The quantitative estimate of drug-likeness (QED) is 0.655. The van der Waals surface area contributed by atoms with Crippen molar-refractivity contribution >= 4 is 27.5 Å². The number of carbonyl (C=O) groups is 2. The van der Waals surface area contributed by atoms with Crippen molar-refractivity contribution < 1.29 is 18.0 Å². The van der Waals surface area contributed by atoms with E-state index in [-0.39, 0.29) is 41.6 Å². The monoisotopic (exact) mass is 467 g/mol. The van der Waals surface area contributed by atoms with E-state index in [9.17, 15) is 18.0 Å². The third-order valence-electron chi connectivity index (χ3n) is 6.80. The number of aryl methyl sites for hydroxylation is 1. The highest BCUT2D eigenvalue weighted by Gasteiger charge is 2.36. The van der Waals surface area contributed by atoms with Gasteiger partial charge in [-0.15, -0.1) is 0 Å². The van der Waals surface area contributed by atoms with Gasteiger partial charge in [-0.1, -0.05) is 24.3 Å². The molecule has 0 spiro atoms. The van der Waals surface area contributed by atoms with E-state index in [1.54, 1.807) is 23.1 Å². The Kier molecular flexibility index (Phi) is 5.97. The van der Waals surface area contributed by atoms with Crippen molar-refractivity contribution in [2.45, 2.75) is 55.9 Å². The molecule has 0 radical (unpaired) electrons. The SMILES string of the molecule is O=C(CCNS(=O)(=O)c1ccc2c(c1)CCN2C(=O)C1CC1)N[C@H]1CCCc2ccccc21. The summed E-state index contributed by atoms with van der Waals surface area (Å²) in [7, 11) is -3.73. The van der Waals surface area contributed by atoms with Crippen LogP contribution in [0.25, 0.3) is 0 Å². The highest BCUT2D eigenvalue weighted by Crippen LogP contribution is 2.37. The van der Waals surface area contributed by atoms with Gasteiger partial charge in [0.05, 0.1) is 10.9 Å². The van der Waals surface area contributed by atoms with Gasteiger partial charge < -0.3 is 10.2 Å². The summed E-state index contributed by atoms with van der Waals surface area (Å²) < 4.78 is 28.1. The molecule has 8 heteroatoms. The Morgan fingerprint density at radius 3 is 2.64 bits per heavy atom. The molecule has 2 aliphatic carbocycles. The van der Waals surface area contributed by atoms with Gasteiger partial charge in [0, 0.05) is 31.1 Å². The topological polar surface area (TPSA) is 95.6 Å². The normalized spacial score (nSPS) is 19.6. The number of anilines is 1. The predicted octanol–water partition coefficient (Wildman–Crippen LogP) is 2.85. The molecule has 0 aromatic heterocycles. The highest BCUT2D eigenvalue weighted by molar-refractivity contribution is 7.89. The molecule has 0 bridgehead atoms. The Bertz CT molecular complexity index is 1190. The Balaban J connectivity index is 1.17. The van der Waals surface area contributed by atoms with Gasteiger partial charge in [-0.05, 0) is 73.4 Å². The molecule has 2 N–H and O–H groups in total. The smallest absolute Gasteiger partial charge is 0.240 e. The Labute approximate surface area is 194 Å². The number of hydrogen-bond acceptors (Lipinski definition) is 4. The summed E-state index contributed by atoms with van der Waals surface area (Å²) in [5, 5.41) is 3.05. The van der Waals surface area contributed by atoms with E-state index in [1.165, 1.54) is 5.56 Å². The van der Waals surface area contributed by atoms with Crippen molar-refractivity contribution in [1.82, 2.24) is 10.0 Å². The fraction of sp³-hybridized carbons (Fsp3) is 0.440. The molecule has 1 saturated carbocycles. The van der Waals surface area contributed by atoms with E-state index in [2.05, 4.69) is 22.2 Å². The van der Waals surface area contributed by atoms with E-state index in [0.717, 1.165) is 48.9 Å². The lowest BCUT2D eigenvalue weighted by atomic mass is 9.88. The van der Waals surface area contributed by atoms with Gasteiger partial charge in [0.1, 0.15) is 0 Å². The third kappa shape index (κ3) is 4.68. The van der Waals surface area contributed by atoms with Crippen LogP contribution in [0.15, 0.2) is 47.4 Å². The van der Waals surface area contributed by atoms with E-state index < -0.39 is 10.0 Å². The maximum Gasteiger partial charge on any atom is 0.240 e. The molecule has 2 aromatic rings. The Morgan fingerprint density at radius 2 is 1.82 bits per heavy atom. The first-order chi connectivity index (χ1) is 15.9. The molecular formula is C25H29N3O4S. The number of nitrogens with zero attached hydrogens (tertiary/aromatic N) is 1. The molecule has 2 aromatic carbocycles. The van der Waals surface area contributed by atoms with Crippen LogP contribution >= 0.6 is 0 Å². The average molecular weight is 468 g/mol. The summed E-state index contributed by atoms with van der Waals surface area (Å²) in [6.45, 7) is 0.637. The number of amides is 2. The molecular weight excluding hydrogens is 438 g/mol. The van der Waals surface area contributed by atoms with Crippen LogP contribution in [-0.2, 0) is 32.5 Å². The van der Waals surface area contributed by atoms with Gasteiger partial charge >= 0.3 is 0 Å². The average Bonchev–Trinajstić information content (AvgIpc) is 3.57.